The third kappa shape index (κ3) is 8.32. The maximum atomic E-state index is 13.9. The lowest BCUT2D eigenvalue weighted by molar-refractivity contribution is -0.241. The highest BCUT2D eigenvalue weighted by Crippen LogP contribution is 2.37. The number of sulfone groups is 1. The van der Waals surface area contributed by atoms with Crippen LogP contribution in [0, 0.1) is 0 Å². The predicted octanol–water partition coefficient (Wildman–Crippen LogP) is 5.13. The Morgan fingerprint density at radius 3 is 2.29 bits per heavy atom. The molecule has 4 rings (SSSR count). The Bertz CT molecular complexity index is 1550. The number of alkyl halides is 5. The molecular formula is C30H33F5N4O5S. The first-order chi connectivity index (χ1) is 21.2. The van der Waals surface area contributed by atoms with Crippen LogP contribution >= 0.6 is 0 Å². The lowest BCUT2D eigenvalue weighted by Crippen LogP contribution is -2.36. The van der Waals surface area contributed by atoms with Gasteiger partial charge >= 0.3 is 12.3 Å². The van der Waals surface area contributed by atoms with Crippen LogP contribution in [0.1, 0.15) is 65.8 Å². The first-order valence-electron chi connectivity index (χ1n) is 14.2. The fourth-order valence-corrected chi connectivity index (χ4v) is 5.78. The zero-order valence-corrected chi connectivity index (χ0v) is 25.3. The van der Waals surface area contributed by atoms with Crippen molar-refractivity contribution in [1.29, 1.82) is 0 Å². The van der Waals surface area contributed by atoms with Crippen LogP contribution in [0.15, 0.2) is 65.8 Å². The van der Waals surface area contributed by atoms with E-state index in [9.17, 15) is 40.3 Å². The van der Waals surface area contributed by atoms with Gasteiger partial charge in [-0.15, -0.1) is 0 Å². The number of rotatable bonds is 12. The van der Waals surface area contributed by atoms with Crippen molar-refractivity contribution < 1.29 is 45.0 Å². The molecule has 15 heteroatoms. The molecule has 3 heterocycles. The number of aromatic nitrogens is 2. The number of hydrogen-bond acceptors (Lipinski definition) is 8. The Balaban J connectivity index is 1.50. The van der Waals surface area contributed by atoms with Gasteiger partial charge in [-0.2, -0.15) is 22.0 Å². The van der Waals surface area contributed by atoms with Crippen LogP contribution in [0.5, 0.6) is 0 Å². The quantitative estimate of drug-likeness (QED) is 0.258. The molecule has 45 heavy (non-hydrogen) atoms. The average Bonchev–Trinajstić information content (AvgIpc) is 3.47. The van der Waals surface area contributed by atoms with Crippen molar-refractivity contribution in [1.82, 2.24) is 15.3 Å². The van der Waals surface area contributed by atoms with E-state index in [-0.39, 0.29) is 41.0 Å². The molecule has 0 radical (unpaired) electrons. The number of ether oxygens (including phenoxy) is 1. The number of nitrogens with one attached hydrogen (secondary N) is 1. The molecule has 1 fully saturated rings. The molecule has 244 valence electrons. The number of carbonyl (C=O) groups is 1. The van der Waals surface area contributed by atoms with Crippen LogP contribution < -0.4 is 10.2 Å². The van der Waals surface area contributed by atoms with Crippen molar-refractivity contribution in [3.63, 3.8) is 0 Å². The van der Waals surface area contributed by atoms with Gasteiger partial charge in [0.25, 0.3) is 5.91 Å². The van der Waals surface area contributed by atoms with E-state index in [0.29, 0.717) is 17.8 Å². The summed E-state index contributed by atoms with van der Waals surface area (Å²) in [6.07, 6.45) is -5.63. The molecule has 2 N–H and O–H groups in total. The molecule has 1 aliphatic heterocycles. The normalized spacial score (nSPS) is 18.2. The van der Waals surface area contributed by atoms with Gasteiger partial charge in [0, 0.05) is 31.3 Å². The summed E-state index contributed by atoms with van der Waals surface area (Å²) in [4.78, 5) is 23.1. The SMILES string of the molecule is CCC(F)(F)OC[C@@H]1CC(c2ccc(C(F)(F)F)cc2)CN1c1ccc(C(=O)N[C@@H](CO)c2ccc(S(=O)(=O)CC)cn2)cn1. The predicted molar refractivity (Wildman–Crippen MR) is 155 cm³/mol. The van der Waals surface area contributed by atoms with Gasteiger partial charge in [-0.05, 0) is 48.4 Å². The lowest BCUT2D eigenvalue weighted by atomic mass is 9.95. The zero-order chi connectivity index (χ0) is 33.0. The second-order valence-electron chi connectivity index (χ2n) is 10.6. The fraction of sp³-hybridized carbons (Fsp3) is 0.433. The molecule has 2 aromatic heterocycles. The lowest BCUT2D eigenvalue weighted by Gasteiger charge is -2.27. The molecule has 3 atom stereocenters. The molecule has 1 aromatic carbocycles. The minimum absolute atomic E-state index is 0.0150. The fourth-order valence-electron chi connectivity index (χ4n) is 4.95. The van der Waals surface area contributed by atoms with Gasteiger partial charge < -0.3 is 20.1 Å². The number of pyridine rings is 2. The number of amides is 1. The van der Waals surface area contributed by atoms with Crippen LogP contribution in [0.2, 0.25) is 0 Å². The van der Waals surface area contributed by atoms with Gasteiger partial charge in [0.2, 0.25) is 0 Å². The van der Waals surface area contributed by atoms with Crippen LogP contribution in [0.3, 0.4) is 0 Å². The minimum Gasteiger partial charge on any atom is -0.394 e. The van der Waals surface area contributed by atoms with Gasteiger partial charge in [0.15, 0.2) is 9.84 Å². The van der Waals surface area contributed by atoms with Crippen molar-refractivity contribution in [2.24, 2.45) is 0 Å². The summed E-state index contributed by atoms with van der Waals surface area (Å²) in [5.41, 5.74) is 0.173. The van der Waals surface area contributed by atoms with Gasteiger partial charge in [-0.25, -0.2) is 13.4 Å². The van der Waals surface area contributed by atoms with E-state index in [4.69, 9.17) is 4.74 Å². The summed E-state index contributed by atoms with van der Waals surface area (Å²) >= 11 is 0. The van der Waals surface area contributed by atoms with Crippen LogP contribution in [0.4, 0.5) is 27.8 Å². The van der Waals surface area contributed by atoms with Crippen LogP contribution in [-0.4, -0.2) is 67.1 Å². The average molecular weight is 657 g/mol. The third-order valence-electron chi connectivity index (χ3n) is 7.67. The third-order valence-corrected chi connectivity index (χ3v) is 9.39. The van der Waals surface area contributed by atoms with Crippen molar-refractivity contribution in [3.8, 4) is 0 Å². The number of halogens is 5. The summed E-state index contributed by atoms with van der Waals surface area (Å²) < 4.78 is 96.0. The highest BCUT2D eigenvalue weighted by atomic mass is 32.2. The molecule has 0 spiro atoms. The van der Waals surface area contributed by atoms with E-state index in [0.717, 1.165) is 18.3 Å². The number of nitrogens with zero attached hydrogens (tertiary/aromatic N) is 3. The van der Waals surface area contributed by atoms with Crippen LogP contribution in [-0.2, 0) is 20.8 Å². The topological polar surface area (TPSA) is 122 Å². The number of hydrogen-bond donors (Lipinski definition) is 2. The van der Waals surface area contributed by atoms with Crippen molar-refractivity contribution in [3.05, 3.63) is 83.3 Å². The van der Waals surface area contributed by atoms with Gasteiger partial charge in [0.05, 0.1) is 52.8 Å². The standard InChI is InChI=1S/C30H33F5N4O5S/c1-3-29(31,32)44-18-23-13-21(19-5-8-22(9-6-19)30(33,34)35)16-39(23)27-12-7-20(14-37-27)28(41)38-26(17-40)25-11-10-24(15-36-25)45(42,43)4-2/h5-12,14-15,21,23,26,40H,3-4,13,16-18H2,1-2H3,(H,38,41)/t21?,23-,26-/m0/s1. The number of aliphatic hydroxyl groups is 1. The number of carbonyl (C=O) groups excluding carboxylic acids is 1. The molecule has 0 aliphatic carbocycles. The summed E-state index contributed by atoms with van der Waals surface area (Å²) in [5, 5.41) is 12.5. The maximum absolute atomic E-state index is 13.9. The molecule has 1 saturated heterocycles. The first-order valence-corrected chi connectivity index (χ1v) is 15.8. The van der Waals surface area contributed by atoms with E-state index in [1.165, 1.54) is 56.4 Å². The summed E-state index contributed by atoms with van der Waals surface area (Å²) in [5.74, 6) is -0.657. The van der Waals surface area contributed by atoms with Crippen molar-refractivity contribution in [2.75, 3.05) is 30.4 Å². The minimum atomic E-state index is -4.49. The summed E-state index contributed by atoms with van der Waals surface area (Å²) in [6.45, 7) is 2.17. The molecule has 1 unspecified atom stereocenters. The Labute approximate surface area is 257 Å². The van der Waals surface area contributed by atoms with Gasteiger partial charge in [-0.1, -0.05) is 26.0 Å². The Hall–Kier alpha value is -3.69. The van der Waals surface area contributed by atoms with E-state index >= 15 is 0 Å². The highest BCUT2D eigenvalue weighted by molar-refractivity contribution is 7.91. The number of benzene rings is 1. The smallest absolute Gasteiger partial charge is 0.394 e. The van der Waals surface area contributed by atoms with Crippen molar-refractivity contribution in [2.45, 2.75) is 61.9 Å². The molecule has 3 aromatic rings. The van der Waals surface area contributed by atoms with E-state index in [1.807, 2.05) is 0 Å². The monoisotopic (exact) mass is 656 g/mol. The van der Waals surface area contributed by atoms with Gasteiger partial charge in [-0.3, -0.25) is 9.78 Å². The Morgan fingerprint density at radius 1 is 1.04 bits per heavy atom. The number of anilines is 1. The van der Waals surface area contributed by atoms with Gasteiger partial charge in [0.1, 0.15) is 5.82 Å². The second-order valence-corrected chi connectivity index (χ2v) is 12.9. The zero-order valence-electron chi connectivity index (χ0n) is 24.5. The molecule has 0 saturated carbocycles. The summed E-state index contributed by atoms with van der Waals surface area (Å²) in [6, 6.07) is 8.91. The maximum Gasteiger partial charge on any atom is 0.416 e. The molecule has 0 bridgehead atoms. The van der Waals surface area contributed by atoms with E-state index in [1.54, 1.807) is 4.90 Å². The summed E-state index contributed by atoms with van der Waals surface area (Å²) in [7, 11) is -3.48. The van der Waals surface area contributed by atoms with E-state index < -0.39 is 58.7 Å². The Kier molecular flexibility index (Phi) is 10.4. The van der Waals surface area contributed by atoms with Crippen LogP contribution in [0.25, 0.3) is 0 Å². The highest BCUT2D eigenvalue weighted by Gasteiger charge is 2.38. The molecular weight excluding hydrogens is 623 g/mol. The second kappa shape index (κ2) is 13.7. The van der Waals surface area contributed by atoms with Crippen molar-refractivity contribution >= 4 is 21.6 Å². The molecule has 1 aliphatic rings. The Morgan fingerprint density at radius 2 is 1.76 bits per heavy atom. The largest absolute Gasteiger partial charge is 0.416 e. The molecule has 1 amide bonds. The van der Waals surface area contributed by atoms with E-state index in [2.05, 4.69) is 15.3 Å². The molecule has 9 nitrogen and oxygen atoms in total. The first kappa shape index (κ1) is 34.2. The number of aliphatic hydroxyl groups excluding tert-OH is 1.